The fourth-order valence-corrected chi connectivity index (χ4v) is 5.18. The topological polar surface area (TPSA) is 79.3 Å². The van der Waals surface area contributed by atoms with Gasteiger partial charge in [0.2, 0.25) is 0 Å². The van der Waals surface area contributed by atoms with E-state index in [1.807, 2.05) is 61.5 Å². The zero-order valence-corrected chi connectivity index (χ0v) is 22.2. The number of rotatable bonds is 9. The Labute approximate surface area is 229 Å². The fraction of sp³-hybridized carbons (Fsp3) is 0.312. The molecule has 2 aliphatic heterocycles. The Kier molecular flexibility index (Phi) is 8.39. The van der Waals surface area contributed by atoms with Crippen LogP contribution < -0.4 is 4.74 Å². The molecule has 2 heterocycles. The molecule has 7 nitrogen and oxygen atoms in total. The molecule has 7 heteroatoms. The van der Waals surface area contributed by atoms with Crippen LogP contribution in [-0.4, -0.2) is 66.0 Å². The molecule has 5 rings (SSSR count). The van der Waals surface area contributed by atoms with Crippen molar-refractivity contribution in [1.29, 1.82) is 0 Å². The minimum Gasteiger partial charge on any atom is -0.507 e. The summed E-state index contributed by atoms with van der Waals surface area (Å²) in [5, 5.41) is 11.3. The highest BCUT2D eigenvalue weighted by atomic mass is 16.5. The number of Topliss-reactive ketones (excluding diaryl/α,β-unsaturated/α-hetero) is 1. The van der Waals surface area contributed by atoms with Crippen molar-refractivity contribution in [1.82, 2.24) is 9.80 Å². The summed E-state index contributed by atoms with van der Waals surface area (Å²) in [7, 11) is 0. The molecule has 39 heavy (non-hydrogen) atoms. The highest BCUT2D eigenvalue weighted by Crippen LogP contribution is 2.39. The molecule has 2 saturated heterocycles. The third-order valence-corrected chi connectivity index (χ3v) is 7.42. The van der Waals surface area contributed by atoms with Gasteiger partial charge in [-0.05, 0) is 54.3 Å². The molecule has 3 aromatic carbocycles. The first-order valence-electron chi connectivity index (χ1n) is 13.4. The first kappa shape index (κ1) is 26.7. The number of hydrogen-bond donors (Lipinski definition) is 1. The molecular formula is C32H34N2O5. The average Bonchev–Trinajstić information content (AvgIpc) is 3.23. The van der Waals surface area contributed by atoms with E-state index < -0.39 is 17.7 Å². The number of aliphatic hydroxyl groups is 1. The van der Waals surface area contributed by atoms with Crippen LogP contribution in [0.5, 0.6) is 5.75 Å². The smallest absolute Gasteiger partial charge is 0.295 e. The maximum atomic E-state index is 13.3. The van der Waals surface area contributed by atoms with Crippen LogP contribution in [0.2, 0.25) is 0 Å². The molecule has 202 valence electrons. The quantitative estimate of drug-likeness (QED) is 0.247. The molecular weight excluding hydrogens is 492 g/mol. The summed E-state index contributed by atoms with van der Waals surface area (Å²) in [6, 6.07) is 23.8. The number of amides is 1. The second-order valence-corrected chi connectivity index (χ2v) is 9.95. The monoisotopic (exact) mass is 526 g/mol. The summed E-state index contributed by atoms with van der Waals surface area (Å²) in [6.07, 6.45) is 0.726. The lowest BCUT2D eigenvalue weighted by atomic mass is 9.95. The summed E-state index contributed by atoms with van der Waals surface area (Å²) in [6.45, 7) is 6.87. The van der Waals surface area contributed by atoms with Gasteiger partial charge in [-0.1, -0.05) is 54.6 Å². The zero-order chi connectivity index (χ0) is 27.2. The molecule has 0 aliphatic carbocycles. The summed E-state index contributed by atoms with van der Waals surface area (Å²) in [4.78, 5) is 30.4. The number of hydrogen-bond acceptors (Lipinski definition) is 6. The number of carbonyl (C=O) groups is 2. The van der Waals surface area contributed by atoms with Gasteiger partial charge in [0, 0.05) is 31.7 Å². The number of aliphatic hydroxyl groups excluding tert-OH is 1. The Morgan fingerprint density at radius 1 is 0.923 bits per heavy atom. The highest BCUT2D eigenvalue weighted by molar-refractivity contribution is 6.46. The van der Waals surface area contributed by atoms with E-state index in [2.05, 4.69) is 4.90 Å². The number of carbonyl (C=O) groups excluding carboxylic acids is 2. The standard InChI is InChI=1S/C32H34N2O5/c1-23-8-5-6-11-26(23)22-39-27-14-12-25(13-15-27)30(35)28-29(24-9-3-2-4-10-24)34(32(37)31(28)36)17-7-16-33-18-20-38-21-19-33/h2-6,8-15,29,35H,7,16-22H2,1H3/b30-28+. The van der Waals surface area contributed by atoms with Crippen LogP contribution >= 0.6 is 0 Å². The Bertz CT molecular complexity index is 1330. The van der Waals surface area contributed by atoms with E-state index in [1.165, 1.54) is 0 Å². The highest BCUT2D eigenvalue weighted by Gasteiger charge is 2.45. The average molecular weight is 527 g/mol. The van der Waals surface area contributed by atoms with Gasteiger partial charge in [-0.3, -0.25) is 14.5 Å². The Morgan fingerprint density at radius 3 is 2.33 bits per heavy atom. The second kappa shape index (κ2) is 12.3. The van der Waals surface area contributed by atoms with Gasteiger partial charge in [-0.25, -0.2) is 0 Å². The summed E-state index contributed by atoms with van der Waals surface area (Å²) < 4.78 is 11.4. The molecule has 0 spiro atoms. The Balaban J connectivity index is 1.36. The molecule has 1 atom stereocenters. The number of likely N-dealkylation sites (tertiary alicyclic amines) is 1. The molecule has 0 saturated carbocycles. The number of ketones is 1. The minimum atomic E-state index is -0.660. The lowest BCUT2D eigenvalue weighted by Gasteiger charge is -2.29. The molecule has 2 fully saturated rings. The lowest BCUT2D eigenvalue weighted by molar-refractivity contribution is -0.140. The minimum absolute atomic E-state index is 0.117. The van der Waals surface area contributed by atoms with Crippen molar-refractivity contribution >= 4 is 17.4 Å². The van der Waals surface area contributed by atoms with Crippen molar-refractivity contribution in [3.63, 3.8) is 0 Å². The molecule has 0 radical (unpaired) electrons. The number of ether oxygens (including phenoxy) is 2. The van der Waals surface area contributed by atoms with E-state index in [0.717, 1.165) is 42.7 Å². The number of benzene rings is 3. The number of aryl methyl sites for hydroxylation is 1. The van der Waals surface area contributed by atoms with E-state index in [1.54, 1.807) is 29.2 Å². The Morgan fingerprint density at radius 2 is 1.62 bits per heavy atom. The SMILES string of the molecule is Cc1ccccc1COc1ccc(/C(O)=C2\C(=O)C(=O)N(CCCN3CCOCC3)C2c2ccccc2)cc1. The summed E-state index contributed by atoms with van der Waals surface area (Å²) >= 11 is 0. The predicted molar refractivity (Wildman–Crippen MR) is 149 cm³/mol. The Hall–Kier alpha value is -3.94. The van der Waals surface area contributed by atoms with Crippen molar-refractivity contribution in [2.24, 2.45) is 0 Å². The van der Waals surface area contributed by atoms with E-state index in [9.17, 15) is 14.7 Å². The van der Waals surface area contributed by atoms with Gasteiger partial charge >= 0.3 is 0 Å². The molecule has 0 bridgehead atoms. The molecule has 1 amide bonds. The van der Waals surface area contributed by atoms with E-state index in [4.69, 9.17) is 9.47 Å². The molecule has 0 aromatic heterocycles. The van der Waals surface area contributed by atoms with Gasteiger partial charge in [0.25, 0.3) is 11.7 Å². The molecule has 1 N–H and O–H groups in total. The first-order chi connectivity index (χ1) is 19.0. The second-order valence-electron chi connectivity index (χ2n) is 9.95. The summed E-state index contributed by atoms with van der Waals surface area (Å²) in [5.41, 5.74) is 3.63. The van der Waals surface area contributed by atoms with Crippen molar-refractivity contribution < 1.29 is 24.2 Å². The van der Waals surface area contributed by atoms with Crippen LogP contribution in [-0.2, 0) is 20.9 Å². The predicted octanol–water partition coefficient (Wildman–Crippen LogP) is 4.72. The third-order valence-electron chi connectivity index (χ3n) is 7.42. The number of nitrogens with zero attached hydrogens (tertiary/aromatic N) is 2. The van der Waals surface area contributed by atoms with Crippen molar-refractivity contribution in [3.8, 4) is 5.75 Å². The van der Waals surface area contributed by atoms with Crippen LogP contribution in [0.3, 0.4) is 0 Å². The van der Waals surface area contributed by atoms with Crippen molar-refractivity contribution in [3.05, 3.63) is 107 Å². The van der Waals surface area contributed by atoms with Gasteiger partial charge in [0.05, 0.1) is 24.8 Å². The van der Waals surface area contributed by atoms with Crippen LogP contribution in [0, 0.1) is 6.92 Å². The van der Waals surface area contributed by atoms with E-state index in [-0.39, 0.29) is 11.3 Å². The first-order valence-corrected chi connectivity index (χ1v) is 13.4. The molecule has 1 unspecified atom stereocenters. The van der Waals surface area contributed by atoms with Gasteiger partial charge in [-0.15, -0.1) is 0 Å². The van der Waals surface area contributed by atoms with Crippen LogP contribution in [0.4, 0.5) is 0 Å². The van der Waals surface area contributed by atoms with Crippen molar-refractivity contribution in [2.75, 3.05) is 39.4 Å². The normalized spacial score (nSPS) is 19.4. The molecule has 3 aromatic rings. The van der Waals surface area contributed by atoms with Crippen LogP contribution in [0.15, 0.2) is 84.4 Å². The fourth-order valence-electron chi connectivity index (χ4n) is 5.18. The zero-order valence-electron chi connectivity index (χ0n) is 22.2. The van der Waals surface area contributed by atoms with E-state index >= 15 is 0 Å². The van der Waals surface area contributed by atoms with Gasteiger partial charge in [-0.2, -0.15) is 0 Å². The van der Waals surface area contributed by atoms with Crippen LogP contribution in [0.1, 0.15) is 34.7 Å². The summed E-state index contributed by atoms with van der Waals surface area (Å²) in [5.74, 6) is -0.764. The van der Waals surface area contributed by atoms with Crippen molar-refractivity contribution in [2.45, 2.75) is 26.0 Å². The van der Waals surface area contributed by atoms with Crippen LogP contribution in [0.25, 0.3) is 5.76 Å². The third kappa shape index (κ3) is 6.05. The molecule has 2 aliphatic rings. The maximum Gasteiger partial charge on any atom is 0.295 e. The lowest BCUT2D eigenvalue weighted by Crippen LogP contribution is -2.38. The number of morpholine rings is 1. The van der Waals surface area contributed by atoms with Gasteiger partial charge in [0.15, 0.2) is 0 Å². The van der Waals surface area contributed by atoms with Gasteiger partial charge in [0.1, 0.15) is 18.1 Å². The maximum absolute atomic E-state index is 13.3. The van der Waals surface area contributed by atoms with Gasteiger partial charge < -0.3 is 19.5 Å². The largest absolute Gasteiger partial charge is 0.507 e. The van der Waals surface area contributed by atoms with E-state index in [0.29, 0.717) is 37.7 Å².